The maximum atomic E-state index is 13.0. The second-order valence-electron chi connectivity index (χ2n) is 8.13. The summed E-state index contributed by atoms with van der Waals surface area (Å²) in [7, 11) is 0. The van der Waals surface area contributed by atoms with Gasteiger partial charge in [-0.1, -0.05) is 35.9 Å². The molecule has 0 bridgehead atoms. The highest BCUT2D eigenvalue weighted by molar-refractivity contribution is 6.30. The first-order chi connectivity index (χ1) is 15.1. The van der Waals surface area contributed by atoms with Gasteiger partial charge in [-0.3, -0.25) is 19.4 Å². The fourth-order valence-corrected chi connectivity index (χ4v) is 4.74. The van der Waals surface area contributed by atoms with Crippen LogP contribution in [-0.2, 0) is 0 Å². The number of anilines is 1. The number of piperazine rings is 1. The molecule has 0 N–H and O–H groups in total. The summed E-state index contributed by atoms with van der Waals surface area (Å²) in [6.07, 6.45) is 0.774. The summed E-state index contributed by atoms with van der Waals surface area (Å²) in [4.78, 5) is 32.2. The van der Waals surface area contributed by atoms with E-state index in [-0.39, 0.29) is 11.8 Å². The van der Waals surface area contributed by atoms with Crippen LogP contribution in [0, 0.1) is 0 Å². The lowest BCUT2D eigenvalue weighted by atomic mass is 9.94. The highest BCUT2D eigenvalue weighted by atomic mass is 35.5. The van der Waals surface area contributed by atoms with Crippen molar-refractivity contribution in [3.8, 4) is 0 Å². The Hall–Kier alpha value is -2.89. The summed E-state index contributed by atoms with van der Waals surface area (Å²) in [5.41, 5.74) is 2.45. The molecule has 0 unspecified atom stereocenters. The fourth-order valence-electron chi connectivity index (χ4n) is 4.62. The molecule has 5 nitrogen and oxygen atoms in total. The molecule has 6 heteroatoms. The highest BCUT2D eigenvalue weighted by Crippen LogP contribution is 2.30. The summed E-state index contributed by atoms with van der Waals surface area (Å²) in [6, 6.07) is 19.3. The average Bonchev–Trinajstić information content (AvgIpc) is 2.80. The quantitative estimate of drug-likeness (QED) is 0.563. The summed E-state index contributed by atoms with van der Waals surface area (Å²) < 4.78 is 0. The Morgan fingerprint density at radius 1 is 0.742 bits per heavy atom. The number of halogens is 1. The molecule has 0 aliphatic carbocycles. The maximum Gasteiger partial charge on any atom is 0.261 e. The third-order valence-corrected chi connectivity index (χ3v) is 6.53. The first-order valence-electron chi connectivity index (χ1n) is 10.7. The topological polar surface area (TPSA) is 43.9 Å². The zero-order chi connectivity index (χ0) is 21.4. The number of hydrogen-bond donors (Lipinski definition) is 0. The molecule has 3 aromatic rings. The van der Waals surface area contributed by atoms with Crippen LogP contribution in [0.5, 0.6) is 0 Å². The summed E-state index contributed by atoms with van der Waals surface area (Å²) in [5, 5.41) is 2.48. The first kappa shape index (κ1) is 20.0. The molecule has 2 amide bonds. The molecule has 2 aliphatic rings. The summed E-state index contributed by atoms with van der Waals surface area (Å²) in [5.74, 6) is -0.358. The first-order valence-corrected chi connectivity index (χ1v) is 11.1. The van der Waals surface area contributed by atoms with Gasteiger partial charge in [0, 0.05) is 59.9 Å². The molecule has 1 fully saturated rings. The molecule has 3 aromatic carbocycles. The van der Waals surface area contributed by atoms with Crippen molar-refractivity contribution in [1.29, 1.82) is 0 Å². The van der Waals surface area contributed by atoms with Crippen LogP contribution >= 0.6 is 11.6 Å². The summed E-state index contributed by atoms with van der Waals surface area (Å²) >= 11 is 5.99. The predicted octanol–water partition coefficient (Wildman–Crippen LogP) is 4.30. The largest absolute Gasteiger partial charge is 0.369 e. The van der Waals surface area contributed by atoms with Gasteiger partial charge in [-0.15, -0.1) is 0 Å². The van der Waals surface area contributed by atoms with Crippen molar-refractivity contribution in [2.75, 3.05) is 44.2 Å². The lowest BCUT2D eigenvalue weighted by Gasteiger charge is -2.36. The molecule has 2 aliphatic heterocycles. The average molecular weight is 434 g/mol. The molecule has 0 spiro atoms. The maximum absolute atomic E-state index is 13.0. The van der Waals surface area contributed by atoms with Gasteiger partial charge in [-0.2, -0.15) is 0 Å². The lowest BCUT2D eigenvalue weighted by Crippen LogP contribution is -2.47. The number of benzene rings is 3. The third kappa shape index (κ3) is 3.80. The predicted molar refractivity (Wildman–Crippen MR) is 124 cm³/mol. The van der Waals surface area contributed by atoms with Gasteiger partial charge < -0.3 is 4.90 Å². The monoisotopic (exact) mass is 433 g/mol. The molecule has 158 valence electrons. The Bertz CT molecular complexity index is 1090. The van der Waals surface area contributed by atoms with Gasteiger partial charge in [0.25, 0.3) is 11.8 Å². The fraction of sp³-hybridized carbons (Fsp3) is 0.280. The minimum absolute atomic E-state index is 0.179. The van der Waals surface area contributed by atoms with E-state index in [9.17, 15) is 9.59 Å². The zero-order valence-corrected chi connectivity index (χ0v) is 18.0. The molecule has 0 aromatic heterocycles. The Labute approximate surface area is 186 Å². The molecule has 1 saturated heterocycles. The smallest absolute Gasteiger partial charge is 0.261 e. The van der Waals surface area contributed by atoms with Crippen LogP contribution in [0.25, 0.3) is 10.8 Å². The van der Waals surface area contributed by atoms with E-state index in [2.05, 4.69) is 21.9 Å². The van der Waals surface area contributed by atoms with E-state index in [1.54, 1.807) is 0 Å². The van der Waals surface area contributed by atoms with E-state index >= 15 is 0 Å². The van der Waals surface area contributed by atoms with Crippen LogP contribution in [0.15, 0.2) is 60.7 Å². The van der Waals surface area contributed by atoms with Crippen molar-refractivity contribution in [2.24, 2.45) is 0 Å². The standard InChI is InChI=1S/C25H24ClN3O2/c26-19-8-10-20(11-9-19)28-16-14-27(15-17-28)12-3-13-29-24(30)21-6-1-4-18-5-2-7-22(23(18)21)25(29)31/h1-2,4-11H,3,12-17H2. The Kier molecular flexibility index (Phi) is 5.38. The van der Waals surface area contributed by atoms with Crippen molar-refractivity contribution < 1.29 is 9.59 Å². The van der Waals surface area contributed by atoms with E-state index < -0.39 is 0 Å². The molecule has 0 radical (unpaired) electrons. The Morgan fingerprint density at radius 3 is 1.97 bits per heavy atom. The Morgan fingerprint density at radius 2 is 1.35 bits per heavy atom. The van der Waals surface area contributed by atoms with Crippen LogP contribution in [0.4, 0.5) is 5.69 Å². The third-order valence-electron chi connectivity index (χ3n) is 6.28. The van der Waals surface area contributed by atoms with Crippen molar-refractivity contribution in [1.82, 2.24) is 9.80 Å². The SMILES string of the molecule is O=C1c2cccc3cccc(c23)C(=O)N1CCCN1CCN(c2ccc(Cl)cc2)CC1. The lowest BCUT2D eigenvalue weighted by molar-refractivity contribution is 0.0603. The van der Waals surface area contributed by atoms with E-state index in [1.807, 2.05) is 48.5 Å². The van der Waals surface area contributed by atoms with E-state index in [0.717, 1.165) is 54.9 Å². The number of carbonyl (C=O) groups is 2. The number of hydrogen-bond acceptors (Lipinski definition) is 4. The van der Waals surface area contributed by atoms with Crippen LogP contribution < -0.4 is 4.90 Å². The Balaban J connectivity index is 1.18. The van der Waals surface area contributed by atoms with E-state index in [4.69, 9.17) is 11.6 Å². The van der Waals surface area contributed by atoms with Gasteiger partial charge in [0.05, 0.1) is 0 Å². The molecular weight excluding hydrogens is 410 g/mol. The van der Waals surface area contributed by atoms with E-state index in [0.29, 0.717) is 17.7 Å². The van der Waals surface area contributed by atoms with Crippen molar-refractivity contribution in [2.45, 2.75) is 6.42 Å². The highest BCUT2D eigenvalue weighted by Gasteiger charge is 2.32. The molecular formula is C25H24ClN3O2. The number of imide groups is 1. The minimum Gasteiger partial charge on any atom is -0.369 e. The van der Waals surface area contributed by atoms with Gasteiger partial charge in [-0.05, 0) is 54.8 Å². The van der Waals surface area contributed by atoms with Crippen LogP contribution in [-0.4, -0.2) is 60.9 Å². The van der Waals surface area contributed by atoms with Gasteiger partial charge in [0.2, 0.25) is 0 Å². The van der Waals surface area contributed by atoms with Crippen LogP contribution in [0.2, 0.25) is 5.02 Å². The molecule has 5 rings (SSSR count). The minimum atomic E-state index is -0.179. The van der Waals surface area contributed by atoms with Gasteiger partial charge in [-0.25, -0.2) is 0 Å². The number of amides is 2. The molecule has 31 heavy (non-hydrogen) atoms. The van der Waals surface area contributed by atoms with Crippen LogP contribution in [0.3, 0.4) is 0 Å². The van der Waals surface area contributed by atoms with Crippen molar-refractivity contribution in [3.05, 3.63) is 76.8 Å². The van der Waals surface area contributed by atoms with Gasteiger partial charge in [0.1, 0.15) is 0 Å². The van der Waals surface area contributed by atoms with Crippen molar-refractivity contribution in [3.63, 3.8) is 0 Å². The van der Waals surface area contributed by atoms with Gasteiger partial charge >= 0.3 is 0 Å². The second kappa shape index (κ2) is 8.33. The molecule has 0 atom stereocenters. The number of rotatable bonds is 5. The van der Waals surface area contributed by atoms with Crippen molar-refractivity contribution >= 4 is 39.9 Å². The van der Waals surface area contributed by atoms with Gasteiger partial charge in [0.15, 0.2) is 0 Å². The molecule has 2 heterocycles. The number of nitrogens with zero attached hydrogens (tertiary/aromatic N) is 3. The zero-order valence-electron chi connectivity index (χ0n) is 17.3. The second-order valence-corrected chi connectivity index (χ2v) is 8.57. The van der Waals surface area contributed by atoms with E-state index in [1.165, 1.54) is 10.6 Å². The molecule has 0 saturated carbocycles. The normalized spacial score (nSPS) is 16.9. The summed E-state index contributed by atoms with van der Waals surface area (Å²) in [6.45, 7) is 5.16. The number of carbonyl (C=O) groups excluding carboxylic acids is 2. The van der Waals surface area contributed by atoms with Crippen LogP contribution in [0.1, 0.15) is 27.1 Å².